The van der Waals surface area contributed by atoms with Gasteiger partial charge in [-0.3, -0.25) is 9.59 Å². The maximum Gasteiger partial charge on any atom is 0.337 e. The van der Waals surface area contributed by atoms with Gasteiger partial charge in [0.2, 0.25) is 11.8 Å². The highest BCUT2D eigenvalue weighted by atomic mass is 16.5. The van der Waals surface area contributed by atoms with Crippen molar-refractivity contribution in [2.24, 2.45) is 0 Å². The molecule has 1 aliphatic carbocycles. The predicted molar refractivity (Wildman–Crippen MR) is 177 cm³/mol. The van der Waals surface area contributed by atoms with E-state index in [1.165, 1.54) is 18.3 Å². The minimum atomic E-state index is -1.14. The second-order valence-corrected chi connectivity index (χ2v) is 11.1. The summed E-state index contributed by atoms with van der Waals surface area (Å²) >= 11 is 0. The number of aromatic nitrogens is 2. The Morgan fingerprint density at radius 3 is 2.08 bits per heavy atom. The molecule has 5 aromatic rings. The fourth-order valence-electron chi connectivity index (χ4n) is 5.28. The van der Waals surface area contributed by atoms with Gasteiger partial charge < -0.3 is 30.0 Å². The first-order valence-corrected chi connectivity index (χ1v) is 15.4. The number of hydrogen-bond acceptors (Lipinski definition) is 8. The Bertz CT molecular complexity index is 1870. The van der Waals surface area contributed by atoms with E-state index in [2.05, 4.69) is 20.6 Å². The van der Waals surface area contributed by atoms with E-state index in [4.69, 9.17) is 14.2 Å². The molecule has 242 valence electrons. The molecule has 0 spiro atoms. The zero-order valence-corrected chi connectivity index (χ0v) is 25.7. The van der Waals surface area contributed by atoms with Gasteiger partial charge in [0.25, 0.3) is 11.8 Å². The molecule has 2 aromatic heterocycles. The Balaban J connectivity index is 0.961. The molecule has 6 rings (SSSR count). The van der Waals surface area contributed by atoms with Crippen molar-refractivity contribution in [1.82, 2.24) is 15.3 Å². The topological polar surface area (TPSA) is 149 Å². The number of ether oxygens (including phenoxy) is 3. The number of nitrogens with zero attached hydrogens (tertiary/aromatic N) is 2. The molecule has 2 heterocycles. The van der Waals surface area contributed by atoms with E-state index in [0.29, 0.717) is 22.8 Å². The van der Waals surface area contributed by atoms with Crippen LogP contribution in [0.25, 0.3) is 0 Å². The summed E-state index contributed by atoms with van der Waals surface area (Å²) in [5.41, 5.74) is 0.827. The maximum absolute atomic E-state index is 13.1. The van der Waals surface area contributed by atoms with Crippen LogP contribution < -0.4 is 24.8 Å². The van der Waals surface area contributed by atoms with Crippen molar-refractivity contribution in [3.8, 4) is 29.0 Å². The fourth-order valence-corrected chi connectivity index (χ4v) is 5.28. The smallest absolute Gasteiger partial charge is 0.337 e. The van der Waals surface area contributed by atoms with E-state index in [1.807, 2.05) is 42.5 Å². The first kappa shape index (κ1) is 31.7. The quantitative estimate of drug-likeness (QED) is 0.136. The molecular weight excluding hydrogens is 612 g/mol. The van der Waals surface area contributed by atoms with Gasteiger partial charge in [-0.1, -0.05) is 30.3 Å². The van der Waals surface area contributed by atoms with Crippen molar-refractivity contribution in [3.05, 3.63) is 132 Å². The molecule has 0 unspecified atom stereocenters. The van der Waals surface area contributed by atoms with Crippen LogP contribution in [-0.4, -0.2) is 45.0 Å². The summed E-state index contributed by atoms with van der Waals surface area (Å²) in [4.78, 5) is 45.6. The number of carbonyl (C=O) groups is 3. The van der Waals surface area contributed by atoms with Gasteiger partial charge in [-0.05, 0) is 92.4 Å². The van der Waals surface area contributed by atoms with Crippen LogP contribution in [0.5, 0.6) is 29.0 Å². The van der Waals surface area contributed by atoms with E-state index in [1.54, 1.807) is 54.7 Å². The van der Waals surface area contributed by atoms with E-state index >= 15 is 0 Å². The third-order valence-corrected chi connectivity index (χ3v) is 7.74. The molecule has 0 bridgehead atoms. The van der Waals surface area contributed by atoms with Gasteiger partial charge in [-0.2, -0.15) is 0 Å². The zero-order valence-electron chi connectivity index (χ0n) is 25.7. The highest BCUT2D eigenvalue weighted by Crippen LogP contribution is 2.28. The van der Waals surface area contributed by atoms with Crippen LogP contribution in [0.1, 0.15) is 56.8 Å². The van der Waals surface area contributed by atoms with Gasteiger partial charge in [-0.15, -0.1) is 0 Å². The van der Waals surface area contributed by atoms with Crippen LogP contribution in [0.15, 0.2) is 116 Å². The molecule has 1 saturated carbocycles. The van der Waals surface area contributed by atoms with Crippen molar-refractivity contribution < 1.29 is 33.7 Å². The lowest BCUT2D eigenvalue weighted by atomic mass is 9.92. The number of hydrogen-bond donors (Lipinski definition) is 3. The van der Waals surface area contributed by atoms with Crippen molar-refractivity contribution in [2.75, 3.05) is 5.32 Å². The average molecular weight is 645 g/mol. The summed E-state index contributed by atoms with van der Waals surface area (Å²) in [6.07, 6.45) is 6.10. The third kappa shape index (κ3) is 8.13. The van der Waals surface area contributed by atoms with Crippen LogP contribution in [0.2, 0.25) is 0 Å². The van der Waals surface area contributed by atoms with Gasteiger partial charge in [0.15, 0.2) is 0 Å². The SMILES string of the molecule is O=C(Nc1ccccc1C(=O)O)c1ccc(Oc2ccc(OC3CCC(NC(=O)c4cccnc4Oc4ccccc4)CC3)cc2)nc1. The number of anilines is 1. The molecule has 0 aliphatic heterocycles. The van der Waals surface area contributed by atoms with E-state index < -0.39 is 11.9 Å². The molecule has 2 amide bonds. The number of carbonyl (C=O) groups excluding carboxylic acids is 2. The van der Waals surface area contributed by atoms with Gasteiger partial charge >= 0.3 is 5.97 Å². The molecule has 0 saturated heterocycles. The molecule has 3 aromatic carbocycles. The minimum absolute atomic E-state index is 0.00606. The van der Waals surface area contributed by atoms with Crippen LogP contribution in [-0.2, 0) is 0 Å². The van der Waals surface area contributed by atoms with Gasteiger partial charge in [-0.25, -0.2) is 14.8 Å². The second kappa shape index (κ2) is 14.9. The first-order valence-electron chi connectivity index (χ1n) is 15.4. The lowest BCUT2D eigenvalue weighted by Gasteiger charge is -2.29. The number of aromatic carboxylic acids is 1. The maximum atomic E-state index is 13.1. The summed E-state index contributed by atoms with van der Waals surface area (Å²) in [6.45, 7) is 0. The minimum Gasteiger partial charge on any atom is -0.490 e. The Kier molecular flexibility index (Phi) is 9.86. The van der Waals surface area contributed by atoms with Crippen LogP contribution in [0.4, 0.5) is 5.69 Å². The molecule has 48 heavy (non-hydrogen) atoms. The standard InChI is InChI=1S/C37H32N4O7/c42-34(41-32-11-5-4-9-30(32)37(44)45)24-12-21-33(39-23-24)47-29-19-17-28(18-20-29)46-27-15-13-25(14-16-27)40-35(43)31-10-6-22-38-36(31)48-26-7-2-1-3-8-26/h1-12,17-23,25,27H,13-16H2,(H,40,43)(H,41,42)(H,44,45). The Morgan fingerprint density at radius 1 is 0.667 bits per heavy atom. The average Bonchev–Trinajstić information content (AvgIpc) is 3.11. The van der Waals surface area contributed by atoms with Crippen molar-refractivity contribution in [2.45, 2.75) is 37.8 Å². The lowest BCUT2D eigenvalue weighted by molar-refractivity contribution is 0.0697. The molecule has 11 heteroatoms. The summed E-state index contributed by atoms with van der Waals surface area (Å²) in [7, 11) is 0. The first-order chi connectivity index (χ1) is 23.4. The number of nitrogens with one attached hydrogen (secondary N) is 2. The second-order valence-electron chi connectivity index (χ2n) is 11.1. The zero-order chi connectivity index (χ0) is 33.3. The number of para-hydroxylation sites is 2. The lowest BCUT2D eigenvalue weighted by Crippen LogP contribution is -2.39. The van der Waals surface area contributed by atoms with Crippen molar-refractivity contribution >= 4 is 23.5 Å². The van der Waals surface area contributed by atoms with Gasteiger partial charge in [0, 0.05) is 24.5 Å². The normalized spacial score (nSPS) is 15.5. The number of carboxylic acid groups (broad SMARTS) is 1. The molecule has 1 fully saturated rings. The number of amides is 2. The summed E-state index contributed by atoms with van der Waals surface area (Å²) in [5, 5.41) is 15.1. The van der Waals surface area contributed by atoms with Crippen LogP contribution in [0.3, 0.4) is 0 Å². The number of rotatable bonds is 11. The van der Waals surface area contributed by atoms with Crippen LogP contribution in [0, 0.1) is 0 Å². The molecule has 3 N–H and O–H groups in total. The number of pyridine rings is 2. The van der Waals surface area contributed by atoms with Gasteiger partial charge in [0.05, 0.1) is 22.9 Å². The predicted octanol–water partition coefficient (Wildman–Crippen LogP) is 7.13. The van der Waals surface area contributed by atoms with Crippen molar-refractivity contribution in [3.63, 3.8) is 0 Å². The monoisotopic (exact) mass is 644 g/mol. The Hall–Kier alpha value is -6.23. The third-order valence-electron chi connectivity index (χ3n) is 7.74. The largest absolute Gasteiger partial charge is 0.490 e. The summed E-state index contributed by atoms with van der Waals surface area (Å²) in [5.74, 6) is 0.565. The van der Waals surface area contributed by atoms with E-state index in [-0.39, 0.29) is 46.6 Å². The Morgan fingerprint density at radius 2 is 1.35 bits per heavy atom. The summed E-state index contributed by atoms with van der Waals surface area (Å²) < 4.78 is 17.9. The van der Waals surface area contributed by atoms with Crippen LogP contribution >= 0.6 is 0 Å². The molecule has 11 nitrogen and oxygen atoms in total. The molecule has 0 radical (unpaired) electrons. The van der Waals surface area contributed by atoms with Crippen molar-refractivity contribution in [1.29, 1.82) is 0 Å². The molecule has 0 atom stereocenters. The van der Waals surface area contributed by atoms with E-state index in [0.717, 1.165) is 25.7 Å². The highest BCUT2D eigenvalue weighted by Gasteiger charge is 2.25. The Labute approximate surface area is 276 Å². The molecular formula is C37H32N4O7. The van der Waals surface area contributed by atoms with Gasteiger partial charge in [0.1, 0.15) is 22.8 Å². The fraction of sp³-hybridized carbons (Fsp3) is 0.162. The molecule has 1 aliphatic rings. The van der Waals surface area contributed by atoms with E-state index in [9.17, 15) is 19.5 Å². The number of benzene rings is 3. The summed E-state index contributed by atoms with van der Waals surface area (Å²) in [6, 6.07) is 29.1. The highest BCUT2D eigenvalue weighted by molar-refractivity contribution is 6.07. The number of carboxylic acids is 1.